The van der Waals surface area contributed by atoms with Crippen LogP contribution in [0.25, 0.3) is 0 Å². The quantitative estimate of drug-likeness (QED) is 0.771. The van der Waals surface area contributed by atoms with E-state index in [1.807, 2.05) is 20.8 Å². The second-order valence-corrected chi connectivity index (χ2v) is 7.45. The number of nitrogens with zero attached hydrogens (tertiary/aromatic N) is 3. The largest absolute Gasteiger partial charge is 0.370 e. The zero-order valence-electron chi connectivity index (χ0n) is 11.0. The van der Waals surface area contributed by atoms with Crippen LogP contribution in [-0.2, 0) is 14.8 Å². The molecule has 0 radical (unpaired) electrons. The molecule has 6 nitrogen and oxygen atoms in total. The van der Waals surface area contributed by atoms with Gasteiger partial charge in [-0.2, -0.15) is 4.31 Å². The van der Waals surface area contributed by atoms with Gasteiger partial charge in [-0.1, -0.05) is 0 Å². The molecule has 8 heteroatoms. The highest BCUT2D eigenvalue weighted by molar-refractivity contribution is 7.89. The van der Waals surface area contributed by atoms with Crippen molar-refractivity contribution in [1.82, 2.24) is 14.3 Å². The maximum Gasteiger partial charge on any atom is 0.246 e. The van der Waals surface area contributed by atoms with Crippen molar-refractivity contribution in [1.29, 1.82) is 0 Å². The summed E-state index contributed by atoms with van der Waals surface area (Å²) in [5.74, 6) is 0. The van der Waals surface area contributed by atoms with E-state index in [4.69, 9.17) is 16.3 Å². The van der Waals surface area contributed by atoms with E-state index in [1.54, 1.807) is 0 Å². The van der Waals surface area contributed by atoms with Crippen LogP contribution in [0.1, 0.15) is 20.8 Å². The van der Waals surface area contributed by atoms with Crippen LogP contribution in [0.3, 0.4) is 0 Å². The highest BCUT2D eigenvalue weighted by Gasteiger charge is 2.38. The minimum Gasteiger partial charge on any atom is -0.370 e. The van der Waals surface area contributed by atoms with E-state index in [0.717, 1.165) is 0 Å². The van der Waals surface area contributed by atoms with Crippen LogP contribution in [0.15, 0.2) is 17.3 Å². The van der Waals surface area contributed by atoms with Gasteiger partial charge >= 0.3 is 0 Å². The SMILES string of the molecule is CC1CN(S(=O)(=O)c2cnc(Cl)nc2)CC(C)(C)O1. The molecule has 1 aromatic rings. The van der Waals surface area contributed by atoms with Gasteiger partial charge in [0.2, 0.25) is 15.3 Å². The van der Waals surface area contributed by atoms with Gasteiger partial charge < -0.3 is 4.74 Å². The minimum atomic E-state index is -3.61. The highest BCUT2D eigenvalue weighted by Crippen LogP contribution is 2.25. The maximum atomic E-state index is 12.5. The third-order valence-corrected chi connectivity index (χ3v) is 4.73. The van der Waals surface area contributed by atoms with E-state index in [0.29, 0.717) is 13.1 Å². The molecule has 0 bridgehead atoms. The first-order chi connectivity index (χ1) is 8.71. The van der Waals surface area contributed by atoms with E-state index in [2.05, 4.69) is 9.97 Å². The second-order valence-electron chi connectivity index (χ2n) is 5.17. The molecule has 1 aliphatic rings. The molecule has 106 valence electrons. The van der Waals surface area contributed by atoms with Gasteiger partial charge in [0.05, 0.1) is 24.1 Å². The molecule has 19 heavy (non-hydrogen) atoms. The molecule has 0 N–H and O–H groups in total. The van der Waals surface area contributed by atoms with Crippen molar-refractivity contribution in [2.45, 2.75) is 37.4 Å². The summed E-state index contributed by atoms with van der Waals surface area (Å²) >= 11 is 5.57. The Morgan fingerprint density at radius 3 is 2.53 bits per heavy atom. The first-order valence-corrected chi connectivity index (χ1v) is 7.68. The van der Waals surface area contributed by atoms with Crippen LogP contribution < -0.4 is 0 Å². The summed E-state index contributed by atoms with van der Waals surface area (Å²) < 4.78 is 32.1. The standard InChI is InChI=1S/C11H16ClN3O3S/c1-8-6-15(7-11(2,3)18-8)19(16,17)9-4-13-10(12)14-5-9/h4-5,8H,6-7H2,1-3H3. The van der Waals surface area contributed by atoms with E-state index in [9.17, 15) is 8.42 Å². The van der Waals surface area contributed by atoms with Crippen molar-refractivity contribution in [3.8, 4) is 0 Å². The number of hydrogen-bond acceptors (Lipinski definition) is 5. The lowest BCUT2D eigenvalue weighted by Crippen LogP contribution is -2.53. The molecule has 1 unspecified atom stereocenters. The summed E-state index contributed by atoms with van der Waals surface area (Å²) in [6, 6.07) is 0. The second kappa shape index (κ2) is 4.97. The fourth-order valence-electron chi connectivity index (χ4n) is 2.16. The van der Waals surface area contributed by atoms with E-state index >= 15 is 0 Å². The lowest BCUT2D eigenvalue weighted by Gasteiger charge is -2.40. The van der Waals surface area contributed by atoms with Crippen molar-refractivity contribution in [3.63, 3.8) is 0 Å². The molecular formula is C11H16ClN3O3S. The average molecular weight is 306 g/mol. The molecule has 1 atom stereocenters. The van der Waals surface area contributed by atoms with Crippen molar-refractivity contribution in [2.24, 2.45) is 0 Å². The zero-order valence-corrected chi connectivity index (χ0v) is 12.6. The molecule has 2 rings (SSSR count). The van der Waals surface area contributed by atoms with Crippen LogP contribution in [0.5, 0.6) is 0 Å². The number of ether oxygens (including phenoxy) is 1. The van der Waals surface area contributed by atoms with Gasteiger partial charge in [0, 0.05) is 13.1 Å². The molecule has 1 aromatic heterocycles. The highest BCUT2D eigenvalue weighted by atomic mass is 35.5. The molecule has 2 heterocycles. The van der Waals surface area contributed by atoms with Crippen LogP contribution in [0, 0.1) is 0 Å². The Morgan fingerprint density at radius 2 is 2.00 bits per heavy atom. The predicted octanol–water partition coefficient (Wildman–Crippen LogP) is 1.32. The molecular weight excluding hydrogens is 290 g/mol. The Hall–Kier alpha value is -0.760. The van der Waals surface area contributed by atoms with Gasteiger partial charge in [-0.15, -0.1) is 0 Å². The summed E-state index contributed by atoms with van der Waals surface area (Å²) in [7, 11) is -3.61. The Bertz CT molecular complexity index is 559. The molecule has 1 aliphatic heterocycles. The molecule has 0 amide bonds. The average Bonchev–Trinajstić information content (AvgIpc) is 2.26. The van der Waals surface area contributed by atoms with E-state index < -0.39 is 15.6 Å². The summed E-state index contributed by atoms with van der Waals surface area (Å²) in [6.07, 6.45) is 2.28. The fraction of sp³-hybridized carbons (Fsp3) is 0.636. The number of halogens is 1. The third kappa shape index (κ3) is 3.22. The normalized spacial score (nSPS) is 24.3. The number of morpholine rings is 1. The summed E-state index contributed by atoms with van der Waals surface area (Å²) in [5, 5.41) is 0.0228. The first-order valence-electron chi connectivity index (χ1n) is 5.86. The summed E-state index contributed by atoms with van der Waals surface area (Å²) in [4.78, 5) is 7.47. The van der Waals surface area contributed by atoms with Crippen LogP contribution >= 0.6 is 11.6 Å². The van der Waals surface area contributed by atoms with Gasteiger partial charge in [0.25, 0.3) is 0 Å². The van der Waals surface area contributed by atoms with Crippen LogP contribution in [-0.4, -0.2) is 47.5 Å². The lowest BCUT2D eigenvalue weighted by atomic mass is 10.1. The zero-order chi connectivity index (χ0) is 14.3. The monoisotopic (exact) mass is 305 g/mol. The Kier molecular flexibility index (Phi) is 3.83. The van der Waals surface area contributed by atoms with Gasteiger partial charge in [-0.3, -0.25) is 0 Å². The summed E-state index contributed by atoms with van der Waals surface area (Å²) in [5.41, 5.74) is -0.516. The van der Waals surface area contributed by atoms with E-state index in [-0.39, 0.29) is 16.3 Å². The molecule has 0 saturated carbocycles. The number of sulfonamides is 1. The molecule has 0 aromatic carbocycles. The maximum absolute atomic E-state index is 12.5. The Morgan fingerprint density at radius 1 is 1.42 bits per heavy atom. The molecule has 1 saturated heterocycles. The van der Waals surface area contributed by atoms with Gasteiger partial charge in [-0.05, 0) is 32.4 Å². The number of hydrogen-bond donors (Lipinski definition) is 0. The number of rotatable bonds is 2. The summed E-state index contributed by atoms with van der Waals surface area (Å²) in [6.45, 7) is 6.19. The smallest absolute Gasteiger partial charge is 0.246 e. The topological polar surface area (TPSA) is 72.4 Å². The Labute approximate surface area is 117 Å². The fourth-order valence-corrected chi connectivity index (χ4v) is 3.82. The molecule has 0 aliphatic carbocycles. The van der Waals surface area contributed by atoms with E-state index in [1.165, 1.54) is 16.7 Å². The van der Waals surface area contributed by atoms with Crippen molar-refractivity contribution in [2.75, 3.05) is 13.1 Å². The van der Waals surface area contributed by atoms with Crippen molar-refractivity contribution < 1.29 is 13.2 Å². The van der Waals surface area contributed by atoms with Crippen molar-refractivity contribution in [3.05, 3.63) is 17.7 Å². The lowest BCUT2D eigenvalue weighted by molar-refractivity contribution is -0.109. The molecule has 1 fully saturated rings. The first kappa shape index (κ1) is 14.6. The van der Waals surface area contributed by atoms with Crippen molar-refractivity contribution >= 4 is 21.6 Å². The van der Waals surface area contributed by atoms with Crippen LogP contribution in [0.4, 0.5) is 0 Å². The van der Waals surface area contributed by atoms with Crippen LogP contribution in [0.2, 0.25) is 5.28 Å². The minimum absolute atomic E-state index is 0.0228. The van der Waals surface area contributed by atoms with Gasteiger partial charge in [-0.25, -0.2) is 18.4 Å². The van der Waals surface area contributed by atoms with Gasteiger partial charge in [0.15, 0.2) is 0 Å². The molecule has 0 spiro atoms. The van der Waals surface area contributed by atoms with Gasteiger partial charge in [0.1, 0.15) is 4.90 Å². The Balaban J connectivity index is 2.31. The third-order valence-electron chi connectivity index (χ3n) is 2.77. The number of aromatic nitrogens is 2. The predicted molar refractivity (Wildman–Crippen MR) is 70.4 cm³/mol.